The Bertz CT molecular complexity index is 1260. The number of fused-ring (bicyclic) bond motifs is 1. The van der Waals surface area contributed by atoms with E-state index in [2.05, 4.69) is 47.4 Å². The molecule has 1 fully saturated rings. The molecule has 3 heterocycles. The molecule has 1 aliphatic heterocycles. The molecule has 0 atom stereocenters. The summed E-state index contributed by atoms with van der Waals surface area (Å²) in [5.74, 6) is 2.56. The second kappa shape index (κ2) is 10.3. The highest BCUT2D eigenvalue weighted by atomic mass is 16.5. The molecule has 0 unspecified atom stereocenters. The van der Waals surface area contributed by atoms with Crippen molar-refractivity contribution in [2.75, 3.05) is 23.3 Å². The van der Waals surface area contributed by atoms with Crippen molar-refractivity contribution in [3.8, 4) is 5.75 Å². The first-order chi connectivity index (χ1) is 17.1. The highest BCUT2D eigenvalue weighted by molar-refractivity contribution is 5.56. The summed E-state index contributed by atoms with van der Waals surface area (Å²) >= 11 is 0. The van der Waals surface area contributed by atoms with Crippen LogP contribution in [-0.2, 0) is 13.2 Å². The lowest BCUT2D eigenvalue weighted by Crippen LogP contribution is -2.40. The summed E-state index contributed by atoms with van der Waals surface area (Å²) in [5, 5.41) is 8.11. The van der Waals surface area contributed by atoms with Crippen molar-refractivity contribution < 1.29 is 4.74 Å². The van der Waals surface area contributed by atoms with E-state index in [1.54, 1.807) is 0 Å². The number of anilines is 2. The van der Waals surface area contributed by atoms with Crippen molar-refractivity contribution in [1.82, 2.24) is 19.6 Å². The number of hydrogen-bond donors (Lipinski definition) is 2. The fourth-order valence-electron chi connectivity index (χ4n) is 4.35. The van der Waals surface area contributed by atoms with E-state index >= 15 is 0 Å². The lowest BCUT2D eigenvalue weighted by atomic mass is 10.1. The first kappa shape index (κ1) is 23.1. The Labute approximate surface area is 206 Å². The number of para-hydroxylation sites is 1. The first-order valence-corrected chi connectivity index (χ1v) is 12.3. The maximum atomic E-state index is 6.15. The summed E-state index contributed by atoms with van der Waals surface area (Å²) < 4.78 is 7.96. The summed E-state index contributed by atoms with van der Waals surface area (Å²) in [5.41, 5.74) is 10.3. The Hall–Kier alpha value is -3.65. The van der Waals surface area contributed by atoms with Gasteiger partial charge in [-0.3, -0.25) is 0 Å². The molecule has 3 N–H and O–H groups in total. The van der Waals surface area contributed by atoms with E-state index in [-0.39, 0.29) is 6.04 Å². The van der Waals surface area contributed by atoms with Gasteiger partial charge in [0, 0.05) is 36.8 Å². The van der Waals surface area contributed by atoms with E-state index in [1.807, 2.05) is 47.1 Å². The molecule has 4 aromatic rings. The first-order valence-electron chi connectivity index (χ1n) is 12.3. The smallest absolute Gasteiger partial charge is 0.230 e. The zero-order chi connectivity index (χ0) is 24.2. The van der Waals surface area contributed by atoms with Gasteiger partial charge in [0.1, 0.15) is 12.4 Å². The van der Waals surface area contributed by atoms with Gasteiger partial charge in [-0.15, -0.1) is 0 Å². The summed E-state index contributed by atoms with van der Waals surface area (Å²) in [6.45, 7) is 7.11. The Balaban J connectivity index is 1.40. The third-order valence-corrected chi connectivity index (χ3v) is 6.47. The highest BCUT2D eigenvalue weighted by Gasteiger charge is 2.22. The summed E-state index contributed by atoms with van der Waals surface area (Å²) in [6.07, 6.45) is 3.78. The van der Waals surface area contributed by atoms with Crippen LogP contribution in [0.15, 0.2) is 60.8 Å². The Kier molecular flexibility index (Phi) is 6.81. The topological polar surface area (TPSA) is 93.6 Å². The van der Waals surface area contributed by atoms with Crippen molar-refractivity contribution in [2.24, 2.45) is 5.73 Å². The van der Waals surface area contributed by atoms with Crippen LogP contribution in [0, 0.1) is 0 Å². The number of piperidine rings is 1. The molecule has 0 saturated carbocycles. The molecule has 35 heavy (non-hydrogen) atoms. The van der Waals surface area contributed by atoms with Crippen molar-refractivity contribution in [2.45, 2.75) is 51.8 Å². The summed E-state index contributed by atoms with van der Waals surface area (Å²) in [4.78, 5) is 12.0. The van der Waals surface area contributed by atoms with Gasteiger partial charge in [-0.25, -0.2) is 0 Å². The zero-order valence-corrected chi connectivity index (χ0v) is 20.4. The van der Waals surface area contributed by atoms with E-state index < -0.39 is 0 Å². The lowest BCUT2D eigenvalue weighted by Gasteiger charge is -2.30. The number of ether oxygens (including phenoxy) is 1. The van der Waals surface area contributed by atoms with Gasteiger partial charge in [0.15, 0.2) is 5.65 Å². The molecule has 1 aliphatic rings. The molecule has 0 spiro atoms. The minimum absolute atomic E-state index is 0.251. The fourth-order valence-corrected chi connectivity index (χ4v) is 4.35. The van der Waals surface area contributed by atoms with Gasteiger partial charge in [0.25, 0.3) is 0 Å². The number of nitrogens with one attached hydrogen (secondary N) is 1. The van der Waals surface area contributed by atoms with Crippen LogP contribution in [0.4, 0.5) is 11.9 Å². The molecule has 0 amide bonds. The van der Waals surface area contributed by atoms with Crippen molar-refractivity contribution in [3.05, 3.63) is 77.5 Å². The maximum Gasteiger partial charge on any atom is 0.230 e. The van der Waals surface area contributed by atoms with Crippen molar-refractivity contribution in [3.63, 3.8) is 0 Å². The van der Waals surface area contributed by atoms with Gasteiger partial charge in [0.05, 0.1) is 6.20 Å². The Morgan fingerprint density at radius 3 is 2.54 bits per heavy atom. The average Bonchev–Trinajstić information content (AvgIpc) is 3.32. The van der Waals surface area contributed by atoms with E-state index in [1.165, 1.54) is 0 Å². The molecule has 8 nitrogen and oxygen atoms in total. The normalized spacial score (nSPS) is 14.6. The standard InChI is InChI=1S/C27H33N7O/c1-19(2)23-17-30-34-25(23)31-27(33-14-12-22(28)13-15-33)32-26(34)29-16-21-10-6-7-11-24(21)35-18-20-8-4-3-5-9-20/h3-11,17,19,22H,12-16,18,28H2,1-2H3,(H,29,31,32). The fraction of sp³-hybridized carbons (Fsp3) is 0.370. The predicted molar refractivity (Wildman–Crippen MR) is 139 cm³/mol. The van der Waals surface area contributed by atoms with Crippen LogP contribution < -0.4 is 20.7 Å². The second-order valence-electron chi connectivity index (χ2n) is 9.40. The van der Waals surface area contributed by atoms with Gasteiger partial charge >= 0.3 is 0 Å². The van der Waals surface area contributed by atoms with Crippen LogP contribution >= 0.6 is 0 Å². The molecular weight excluding hydrogens is 438 g/mol. The van der Waals surface area contributed by atoms with Gasteiger partial charge < -0.3 is 20.7 Å². The minimum Gasteiger partial charge on any atom is -0.489 e. The minimum atomic E-state index is 0.251. The highest BCUT2D eigenvalue weighted by Crippen LogP contribution is 2.26. The number of rotatable bonds is 8. The maximum absolute atomic E-state index is 6.15. The van der Waals surface area contributed by atoms with E-state index in [0.717, 1.165) is 60.0 Å². The number of aromatic nitrogens is 4. The SMILES string of the molecule is CC(C)c1cnn2c(NCc3ccccc3OCc3ccccc3)nc(N3CCC(N)CC3)nc12. The molecule has 0 radical (unpaired) electrons. The molecule has 8 heteroatoms. The van der Waals surface area contributed by atoms with Gasteiger partial charge in [-0.1, -0.05) is 62.4 Å². The van der Waals surface area contributed by atoms with Gasteiger partial charge in [-0.2, -0.15) is 19.6 Å². The van der Waals surface area contributed by atoms with Crippen LogP contribution in [0.5, 0.6) is 5.75 Å². The van der Waals surface area contributed by atoms with Crippen molar-refractivity contribution >= 4 is 17.5 Å². The monoisotopic (exact) mass is 471 g/mol. The second-order valence-corrected chi connectivity index (χ2v) is 9.40. The van der Waals surface area contributed by atoms with Crippen LogP contribution in [0.3, 0.4) is 0 Å². The summed E-state index contributed by atoms with van der Waals surface area (Å²) in [6, 6.07) is 18.5. The predicted octanol–water partition coefficient (Wildman–Crippen LogP) is 4.37. The van der Waals surface area contributed by atoms with Crippen molar-refractivity contribution in [1.29, 1.82) is 0 Å². The molecule has 2 aromatic heterocycles. The molecule has 1 saturated heterocycles. The largest absolute Gasteiger partial charge is 0.489 e. The van der Waals surface area contributed by atoms with Crippen LogP contribution in [0.1, 0.15) is 49.3 Å². The third-order valence-electron chi connectivity index (χ3n) is 6.47. The average molecular weight is 472 g/mol. The molecule has 0 aliphatic carbocycles. The Morgan fingerprint density at radius 1 is 1.03 bits per heavy atom. The molecule has 182 valence electrons. The van der Waals surface area contributed by atoms with Gasteiger partial charge in [0.2, 0.25) is 11.9 Å². The number of nitrogens with zero attached hydrogens (tertiary/aromatic N) is 5. The molecule has 5 rings (SSSR count). The zero-order valence-electron chi connectivity index (χ0n) is 20.4. The number of benzene rings is 2. The Morgan fingerprint density at radius 2 is 1.77 bits per heavy atom. The number of nitrogens with two attached hydrogens (primary N) is 1. The van der Waals surface area contributed by atoms with E-state index in [4.69, 9.17) is 20.4 Å². The number of hydrogen-bond acceptors (Lipinski definition) is 7. The van der Waals surface area contributed by atoms with Crippen LogP contribution in [0.2, 0.25) is 0 Å². The van der Waals surface area contributed by atoms with E-state index in [9.17, 15) is 0 Å². The third kappa shape index (κ3) is 5.22. The molecule has 2 aromatic carbocycles. The van der Waals surface area contributed by atoms with E-state index in [0.29, 0.717) is 25.0 Å². The molecular formula is C27H33N7O. The van der Waals surface area contributed by atoms with Crippen LogP contribution in [0.25, 0.3) is 5.65 Å². The quantitative estimate of drug-likeness (QED) is 0.394. The molecule has 0 bridgehead atoms. The lowest BCUT2D eigenvalue weighted by molar-refractivity contribution is 0.303. The van der Waals surface area contributed by atoms with Crippen LogP contribution in [-0.4, -0.2) is 38.7 Å². The van der Waals surface area contributed by atoms with Gasteiger partial charge in [-0.05, 0) is 30.4 Å². The summed E-state index contributed by atoms with van der Waals surface area (Å²) in [7, 11) is 0.